The lowest BCUT2D eigenvalue weighted by atomic mass is 10.3. The normalized spacial score (nSPS) is 9.61. The Morgan fingerprint density at radius 3 is 2.78 bits per heavy atom. The van der Waals surface area contributed by atoms with Gasteiger partial charge in [0.1, 0.15) is 0 Å². The number of aromatic nitrogens is 5. The second-order valence-corrected chi connectivity index (χ2v) is 3.65. The highest BCUT2D eigenvalue weighted by Crippen LogP contribution is 1.94. The topological polar surface area (TPSA) is 87.4 Å². The van der Waals surface area contributed by atoms with Crippen LogP contribution >= 0.6 is 0 Å². The van der Waals surface area contributed by atoms with Crippen LogP contribution in [0.5, 0.6) is 0 Å². The molecule has 0 fully saturated rings. The van der Waals surface area contributed by atoms with Crippen LogP contribution in [-0.2, 0) is 11.3 Å². The molecule has 0 aliphatic rings. The summed E-state index contributed by atoms with van der Waals surface area (Å²) in [5.74, 6) is 0.0587. The van der Waals surface area contributed by atoms with Crippen LogP contribution in [0.3, 0.4) is 0 Å². The minimum Gasteiger partial charge on any atom is -1.00 e. The lowest BCUT2D eigenvalue weighted by Crippen LogP contribution is -3.00. The summed E-state index contributed by atoms with van der Waals surface area (Å²) in [5.41, 5.74) is 1.19. The van der Waals surface area contributed by atoms with E-state index in [0.717, 1.165) is 0 Å². The molecule has 0 aromatic carbocycles. The minimum absolute atomic E-state index is 0. The first-order valence-electron chi connectivity index (χ1n) is 5.23. The van der Waals surface area contributed by atoms with E-state index in [1.165, 1.54) is 5.56 Å². The van der Waals surface area contributed by atoms with E-state index in [1.54, 1.807) is 0 Å². The van der Waals surface area contributed by atoms with Crippen LogP contribution in [-0.4, -0.2) is 26.5 Å². The van der Waals surface area contributed by atoms with E-state index < -0.39 is 0 Å². The van der Waals surface area contributed by atoms with Gasteiger partial charge in [-0.1, -0.05) is 5.10 Å². The number of amides is 1. The fourth-order valence-electron chi connectivity index (χ4n) is 1.31. The maximum absolute atomic E-state index is 11.5. The smallest absolute Gasteiger partial charge is 0.269 e. The fraction of sp³-hybridized carbons (Fsp3) is 0.300. The van der Waals surface area contributed by atoms with E-state index in [2.05, 4.69) is 25.9 Å². The van der Waals surface area contributed by atoms with Crippen LogP contribution in [0.25, 0.3) is 0 Å². The largest absolute Gasteiger partial charge is 1.00 e. The van der Waals surface area contributed by atoms with Gasteiger partial charge < -0.3 is 17.0 Å². The number of halogens is 1. The molecule has 0 aliphatic heterocycles. The quantitative estimate of drug-likeness (QED) is 0.583. The van der Waals surface area contributed by atoms with Crippen LogP contribution in [0.15, 0.2) is 24.5 Å². The van der Waals surface area contributed by atoms with Crippen LogP contribution < -0.4 is 26.9 Å². The van der Waals surface area contributed by atoms with Crippen molar-refractivity contribution in [3.05, 3.63) is 30.1 Å². The summed E-state index contributed by atoms with van der Waals surface area (Å²) in [6, 6.07) is 3.99. The highest BCUT2D eigenvalue weighted by Gasteiger charge is 2.08. The van der Waals surface area contributed by atoms with Gasteiger partial charge in [0.2, 0.25) is 5.91 Å². The number of anilines is 1. The van der Waals surface area contributed by atoms with Crippen molar-refractivity contribution in [1.82, 2.24) is 20.6 Å². The molecule has 2 rings (SSSR count). The number of nitrogens with zero attached hydrogens (tertiary/aromatic N) is 4. The molecule has 7 nitrogen and oxygen atoms in total. The average Bonchev–Trinajstić information content (AvgIpc) is 2.81. The van der Waals surface area contributed by atoms with Crippen molar-refractivity contribution in [2.45, 2.75) is 19.9 Å². The summed E-state index contributed by atoms with van der Waals surface area (Å²) in [7, 11) is 0. The zero-order valence-corrected chi connectivity index (χ0v) is 11.4. The van der Waals surface area contributed by atoms with E-state index >= 15 is 0 Å². The highest BCUT2D eigenvalue weighted by atomic mass is 79.9. The van der Waals surface area contributed by atoms with Crippen molar-refractivity contribution >= 4 is 11.9 Å². The third-order valence-corrected chi connectivity index (χ3v) is 2.25. The molecule has 2 aromatic rings. The summed E-state index contributed by atoms with van der Waals surface area (Å²) in [4.78, 5) is 11.5. The number of pyridine rings is 1. The third-order valence-electron chi connectivity index (χ3n) is 2.25. The van der Waals surface area contributed by atoms with Gasteiger partial charge in [0.15, 0.2) is 18.9 Å². The van der Waals surface area contributed by atoms with E-state index in [1.807, 2.05) is 36.0 Å². The molecule has 8 heteroatoms. The first-order chi connectivity index (χ1) is 8.24. The predicted octanol–water partition coefficient (Wildman–Crippen LogP) is -3.17. The number of aryl methyl sites for hydroxylation is 2. The van der Waals surface area contributed by atoms with Gasteiger partial charge in [-0.25, -0.2) is 4.57 Å². The zero-order valence-electron chi connectivity index (χ0n) is 9.80. The zero-order chi connectivity index (χ0) is 12.1. The Morgan fingerprint density at radius 2 is 2.17 bits per heavy atom. The maximum Gasteiger partial charge on any atom is 0.269 e. The summed E-state index contributed by atoms with van der Waals surface area (Å²) < 4.78 is 1.95. The number of hydrogen-bond donors (Lipinski definition) is 2. The van der Waals surface area contributed by atoms with Gasteiger partial charge in [-0.2, -0.15) is 5.21 Å². The van der Waals surface area contributed by atoms with E-state index in [0.29, 0.717) is 13.0 Å². The van der Waals surface area contributed by atoms with Crippen molar-refractivity contribution in [3.8, 4) is 0 Å². The Labute approximate surface area is 114 Å². The Bertz CT molecular complexity index is 484. The number of H-pyrrole nitrogens is 1. The van der Waals surface area contributed by atoms with Gasteiger partial charge in [0, 0.05) is 12.1 Å². The Balaban J connectivity index is 0.00000162. The maximum atomic E-state index is 11.5. The van der Waals surface area contributed by atoms with E-state index in [4.69, 9.17) is 0 Å². The van der Waals surface area contributed by atoms with Gasteiger partial charge in [-0.05, 0) is 17.7 Å². The molecule has 2 heterocycles. The van der Waals surface area contributed by atoms with E-state index in [-0.39, 0.29) is 28.8 Å². The molecule has 0 atom stereocenters. The van der Waals surface area contributed by atoms with Gasteiger partial charge in [0.05, 0.1) is 6.42 Å². The number of hydrogen-bond acceptors (Lipinski definition) is 4. The number of carbonyl (C=O) groups excluding carboxylic acids is 1. The minimum atomic E-state index is -0.139. The summed E-state index contributed by atoms with van der Waals surface area (Å²) >= 11 is 0. The monoisotopic (exact) mass is 312 g/mol. The molecule has 0 radical (unpaired) electrons. The first-order valence-corrected chi connectivity index (χ1v) is 5.23. The van der Waals surface area contributed by atoms with Crippen molar-refractivity contribution in [3.63, 3.8) is 0 Å². The molecular weight excluding hydrogens is 300 g/mol. The van der Waals surface area contributed by atoms with Crippen LogP contribution in [0.1, 0.15) is 12.0 Å². The lowest BCUT2D eigenvalue weighted by molar-refractivity contribution is -0.695. The second kappa shape index (κ2) is 6.80. The van der Waals surface area contributed by atoms with Gasteiger partial charge in [0.25, 0.3) is 5.95 Å². The molecule has 0 unspecified atom stereocenters. The highest BCUT2D eigenvalue weighted by molar-refractivity contribution is 5.88. The molecule has 0 saturated heterocycles. The number of nitrogens with one attached hydrogen (secondary N) is 2. The number of carbonyl (C=O) groups is 1. The molecule has 2 aromatic heterocycles. The van der Waals surface area contributed by atoms with Crippen molar-refractivity contribution in [2.75, 3.05) is 5.32 Å². The van der Waals surface area contributed by atoms with Crippen LogP contribution in [0.4, 0.5) is 5.95 Å². The van der Waals surface area contributed by atoms with Crippen molar-refractivity contribution in [1.29, 1.82) is 0 Å². The number of aromatic amines is 1. The average molecular weight is 313 g/mol. The first kappa shape index (κ1) is 14.2. The van der Waals surface area contributed by atoms with Crippen LogP contribution in [0, 0.1) is 6.92 Å². The number of tetrazole rings is 1. The summed E-state index contributed by atoms with van der Waals surface area (Å²) in [6.07, 6.45) is 4.25. The summed E-state index contributed by atoms with van der Waals surface area (Å²) in [5, 5.41) is 15.4. The molecule has 1 amide bonds. The van der Waals surface area contributed by atoms with Gasteiger partial charge in [-0.3, -0.25) is 10.1 Å². The standard InChI is InChI=1S/C10H12N6O.BrH/c1-8-2-5-16(6-3-8)7-4-9(17)11-10-12-14-15-13-10;/h2-3,5-6H,4,7H2,1H3,(H-,11,12,13,14,15,17);1H. The molecule has 0 bridgehead atoms. The molecular formula is C10H13BrN6O. The molecule has 0 aliphatic carbocycles. The molecule has 0 spiro atoms. The van der Waals surface area contributed by atoms with Crippen molar-refractivity contribution in [2.24, 2.45) is 0 Å². The molecule has 2 N–H and O–H groups in total. The fourth-order valence-corrected chi connectivity index (χ4v) is 1.31. The van der Waals surface area contributed by atoms with Crippen molar-refractivity contribution < 1.29 is 26.3 Å². The second-order valence-electron chi connectivity index (χ2n) is 3.65. The van der Waals surface area contributed by atoms with Gasteiger partial charge in [-0.15, -0.1) is 5.10 Å². The number of rotatable bonds is 4. The Hall–Kier alpha value is -1.83. The SMILES string of the molecule is Cc1cc[n+](CCC(=O)Nc2nn[nH]n2)cc1.[Br-]. The molecule has 18 heavy (non-hydrogen) atoms. The van der Waals surface area contributed by atoms with Crippen LogP contribution in [0.2, 0.25) is 0 Å². The van der Waals surface area contributed by atoms with Gasteiger partial charge >= 0.3 is 0 Å². The third kappa shape index (κ3) is 4.21. The molecule has 96 valence electrons. The molecule has 0 saturated carbocycles. The summed E-state index contributed by atoms with van der Waals surface area (Å²) in [6.45, 7) is 2.64. The van der Waals surface area contributed by atoms with E-state index in [9.17, 15) is 4.79 Å². The Kier molecular flexibility index (Phi) is 5.37. The Morgan fingerprint density at radius 1 is 1.44 bits per heavy atom. The predicted molar refractivity (Wildman–Crippen MR) is 58.8 cm³/mol. The lowest BCUT2D eigenvalue weighted by Gasteiger charge is -1.98.